The summed E-state index contributed by atoms with van der Waals surface area (Å²) in [5, 5.41) is 8.91. The van der Waals surface area contributed by atoms with Crippen molar-refractivity contribution in [1.82, 2.24) is 4.31 Å². The standard InChI is InChI=1S/C13H19NO3S/c1-2-3-11-4-6-13(7-5-11)18(16,17)14-8-12(9-14)10-15/h4-7,12,15H,2-3,8-10H2,1H3. The maximum absolute atomic E-state index is 12.2. The molecule has 1 aliphatic heterocycles. The van der Waals surface area contributed by atoms with Gasteiger partial charge in [0.25, 0.3) is 0 Å². The summed E-state index contributed by atoms with van der Waals surface area (Å²) in [5.74, 6) is 0.0964. The number of benzene rings is 1. The molecule has 1 fully saturated rings. The number of aliphatic hydroxyl groups is 1. The molecule has 0 unspecified atom stereocenters. The van der Waals surface area contributed by atoms with Crippen molar-refractivity contribution in [2.75, 3.05) is 19.7 Å². The lowest BCUT2D eigenvalue weighted by Gasteiger charge is -2.36. The number of rotatable bonds is 5. The van der Waals surface area contributed by atoms with Gasteiger partial charge >= 0.3 is 0 Å². The zero-order valence-electron chi connectivity index (χ0n) is 10.5. The molecule has 0 aliphatic carbocycles. The van der Waals surface area contributed by atoms with Gasteiger partial charge in [0.15, 0.2) is 0 Å². The van der Waals surface area contributed by atoms with Gasteiger partial charge < -0.3 is 5.11 Å². The van der Waals surface area contributed by atoms with Gasteiger partial charge in [0.05, 0.1) is 4.90 Å². The lowest BCUT2D eigenvalue weighted by Crippen LogP contribution is -2.51. The number of hydrogen-bond acceptors (Lipinski definition) is 3. The van der Waals surface area contributed by atoms with Crippen molar-refractivity contribution in [2.45, 2.75) is 24.7 Å². The third kappa shape index (κ3) is 2.58. The van der Waals surface area contributed by atoms with E-state index < -0.39 is 10.0 Å². The summed E-state index contributed by atoms with van der Waals surface area (Å²) in [6.45, 7) is 3.01. The van der Waals surface area contributed by atoms with Crippen LogP contribution in [0.2, 0.25) is 0 Å². The Morgan fingerprint density at radius 3 is 2.39 bits per heavy atom. The second kappa shape index (κ2) is 5.38. The molecule has 5 heteroatoms. The summed E-state index contributed by atoms with van der Waals surface area (Å²) >= 11 is 0. The van der Waals surface area contributed by atoms with E-state index in [9.17, 15) is 8.42 Å². The third-order valence-electron chi connectivity index (χ3n) is 3.28. The lowest BCUT2D eigenvalue weighted by atomic mass is 10.1. The minimum absolute atomic E-state index is 0.0570. The van der Waals surface area contributed by atoms with Gasteiger partial charge in [-0.15, -0.1) is 0 Å². The fourth-order valence-corrected chi connectivity index (χ4v) is 3.69. The van der Waals surface area contributed by atoms with E-state index in [0.29, 0.717) is 18.0 Å². The zero-order valence-corrected chi connectivity index (χ0v) is 11.4. The van der Waals surface area contributed by atoms with Crippen molar-refractivity contribution in [3.8, 4) is 0 Å². The van der Waals surface area contributed by atoms with Crippen LogP contribution in [0.5, 0.6) is 0 Å². The molecular formula is C13H19NO3S. The molecule has 0 radical (unpaired) electrons. The van der Waals surface area contributed by atoms with Crippen molar-refractivity contribution in [1.29, 1.82) is 0 Å². The second-order valence-corrected chi connectivity index (χ2v) is 6.70. The molecule has 1 heterocycles. The molecule has 1 aliphatic rings. The summed E-state index contributed by atoms with van der Waals surface area (Å²) in [5.41, 5.74) is 1.16. The number of nitrogens with zero attached hydrogens (tertiary/aromatic N) is 1. The maximum Gasteiger partial charge on any atom is 0.243 e. The first-order valence-electron chi connectivity index (χ1n) is 6.28. The van der Waals surface area contributed by atoms with Crippen LogP contribution in [-0.2, 0) is 16.4 Å². The van der Waals surface area contributed by atoms with Crippen molar-refractivity contribution >= 4 is 10.0 Å². The van der Waals surface area contributed by atoms with Crippen molar-refractivity contribution < 1.29 is 13.5 Å². The Morgan fingerprint density at radius 1 is 1.28 bits per heavy atom. The minimum Gasteiger partial charge on any atom is -0.396 e. The van der Waals surface area contributed by atoms with Gasteiger partial charge in [0, 0.05) is 25.6 Å². The highest BCUT2D eigenvalue weighted by molar-refractivity contribution is 7.89. The predicted octanol–water partition coefficient (Wildman–Crippen LogP) is 1.25. The highest BCUT2D eigenvalue weighted by atomic mass is 32.2. The normalized spacial score (nSPS) is 17.7. The lowest BCUT2D eigenvalue weighted by molar-refractivity contribution is 0.117. The van der Waals surface area contributed by atoms with Crippen molar-refractivity contribution in [3.05, 3.63) is 29.8 Å². The highest BCUT2D eigenvalue weighted by Crippen LogP contribution is 2.25. The number of aliphatic hydroxyl groups excluding tert-OH is 1. The quantitative estimate of drug-likeness (QED) is 0.875. The number of hydrogen-bond donors (Lipinski definition) is 1. The van der Waals surface area contributed by atoms with E-state index in [1.54, 1.807) is 12.1 Å². The summed E-state index contributed by atoms with van der Waals surface area (Å²) in [6, 6.07) is 7.10. The molecule has 1 saturated heterocycles. The number of aryl methyl sites for hydroxylation is 1. The Hall–Kier alpha value is -0.910. The highest BCUT2D eigenvalue weighted by Gasteiger charge is 2.36. The summed E-state index contributed by atoms with van der Waals surface area (Å²) < 4.78 is 25.8. The molecule has 0 atom stereocenters. The van der Waals surface area contributed by atoms with Gasteiger partial charge in [-0.05, 0) is 24.1 Å². The third-order valence-corrected chi connectivity index (χ3v) is 5.13. The summed E-state index contributed by atoms with van der Waals surface area (Å²) in [7, 11) is -3.35. The van der Waals surface area contributed by atoms with Gasteiger partial charge in [-0.3, -0.25) is 0 Å². The van der Waals surface area contributed by atoms with Gasteiger partial charge in [-0.25, -0.2) is 8.42 Å². The molecule has 0 bridgehead atoms. The first kappa shape index (κ1) is 13.5. The van der Waals surface area contributed by atoms with Crippen LogP contribution >= 0.6 is 0 Å². The Bertz CT molecular complexity index is 489. The topological polar surface area (TPSA) is 57.6 Å². The van der Waals surface area contributed by atoms with E-state index in [2.05, 4.69) is 6.92 Å². The van der Waals surface area contributed by atoms with E-state index >= 15 is 0 Å². The summed E-state index contributed by atoms with van der Waals surface area (Å²) in [6.07, 6.45) is 2.02. The largest absolute Gasteiger partial charge is 0.396 e. The van der Waals surface area contributed by atoms with Crippen molar-refractivity contribution in [3.63, 3.8) is 0 Å². The molecule has 1 aromatic carbocycles. The van der Waals surface area contributed by atoms with Crippen LogP contribution in [0, 0.1) is 5.92 Å². The SMILES string of the molecule is CCCc1ccc(S(=O)(=O)N2CC(CO)C2)cc1. The summed E-state index contributed by atoms with van der Waals surface area (Å²) in [4.78, 5) is 0.346. The van der Waals surface area contributed by atoms with Crippen LogP contribution in [0.25, 0.3) is 0 Å². The Kier molecular flexibility index (Phi) is 4.04. The van der Waals surface area contributed by atoms with Crippen LogP contribution < -0.4 is 0 Å². The molecule has 0 amide bonds. The maximum atomic E-state index is 12.2. The van der Waals surface area contributed by atoms with E-state index in [1.807, 2.05) is 12.1 Å². The molecule has 0 saturated carbocycles. The van der Waals surface area contributed by atoms with Gasteiger partial charge in [0.1, 0.15) is 0 Å². The van der Waals surface area contributed by atoms with E-state index in [1.165, 1.54) is 4.31 Å². The van der Waals surface area contributed by atoms with Crippen LogP contribution in [0.15, 0.2) is 29.2 Å². The second-order valence-electron chi connectivity index (χ2n) is 4.76. The average molecular weight is 269 g/mol. The molecule has 18 heavy (non-hydrogen) atoms. The predicted molar refractivity (Wildman–Crippen MR) is 69.8 cm³/mol. The first-order chi connectivity index (χ1) is 8.57. The Morgan fingerprint density at radius 2 is 1.89 bits per heavy atom. The first-order valence-corrected chi connectivity index (χ1v) is 7.72. The molecule has 0 aromatic heterocycles. The zero-order chi connectivity index (χ0) is 13.2. The van der Waals surface area contributed by atoms with E-state index in [-0.39, 0.29) is 12.5 Å². The average Bonchev–Trinajstić information content (AvgIpc) is 2.28. The van der Waals surface area contributed by atoms with Crippen LogP contribution in [0.1, 0.15) is 18.9 Å². The molecule has 0 spiro atoms. The van der Waals surface area contributed by atoms with Gasteiger partial charge in [-0.1, -0.05) is 25.5 Å². The van der Waals surface area contributed by atoms with E-state index in [4.69, 9.17) is 5.11 Å². The molecular weight excluding hydrogens is 250 g/mol. The van der Waals surface area contributed by atoms with Crippen LogP contribution in [0.3, 0.4) is 0 Å². The van der Waals surface area contributed by atoms with Crippen molar-refractivity contribution in [2.24, 2.45) is 5.92 Å². The van der Waals surface area contributed by atoms with Crippen LogP contribution in [0.4, 0.5) is 0 Å². The van der Waals surface area contributed by atoms with Crippen LogP contribution in [-0.4, -0.2) is 37.5 Å². The van der Waals surface area contributed by atoms with Gasteiger partial charge in [-0.2, -0.15) is 4.31 Å². The molecule has 100 valence electrons. The number of sulfonamides is 1. The van der Waals surface area contributed by atoms with Gasteiger partial charge in [0.2, 0.25) is 10.0 Å². The fraction of sp³-hybridized carbons (Fsp3) is 0.538. The smallest absolute Gasteiger partial charge is 0.243 e. The molecule has 2 rings (SSSR count). The fourth-order valence-electron chi connectivity index (χ4n) is 2.10. The van der Waals surface area contributed by atoms with E-state index in [0.717, 1.165) is 18.4 Å². The monoisotopic (exact) mass is 269 g/mol. The molecule has 4 nitrogen and oxygen atoms in total. The minimum atomic E-state index is -3.35. The Labute approximate surface area is 108 Å². The Balaban J connectivity index is 2.11. The molecule has 1 aromatic rings. The molecule has 1 N–H and O–H groups in total.